The first kappa shape index (κ1) is 27.1. The number of hydrogen-bond donors (Lipinski definition) is 0. The number of ether oxygens (including phenoxy) is 4. The summed E-state index contributed by atoms with van der Waals surface area (Å²) < 4.78 is 89.6. The number of methoxy groups -OCH3 is 1. The Morgan fingerprint density at radius 2 is 1.58 bits per heavy atom. The highest BCUT2D eigenvalue weighted by Gasteiger charge is 2.33. The van der Waals surface area contributed by atoms with Crippen molar-refractivity contribution in [3.05, 3.63) is 86.3 Å². The van der Waals surface area contributed by atoms with E-state index in [1.54, 1.807) is 18.2 Å². The van der Waals surface area contributed by atoms with Gasteiger partial charge in [-0.15, -0.1) is 0 Å². The molecule has 0 aromatic heterocycles. The van der Waals surface area contributed by atoms with Gasteiger partial charge in [0.1, 0.15) is 17.2 Å². The van der Waals surface area contributed by atoms with Crippen LogP contribution in [0.3, 0.4) is 0 Å². The molecule has 1 atom stereocenters. The standard InChI is InChI=1S/C26H16BrF5O6/c1-10-15(38-26(34)11(2)36-25-21(31)19(29)18(28)20(30)22(25)32)7-5-14-23(33)17(37-24(10)14)9-12-8-13(27)4-6-16(12)35-3/h4-9,11H,1-3H3/b17-9-. The zero-order valence-electron chi connectivity index (χ0n) is 19.8. The van der Waals surface area contributed by atoms with Gasteiger partial charge in [-0.25, -0.2) is 18.0 Å². The molecule has 0 saturated heterocycles. The molecule has 1 unspecified atom stereocenters. The Kier molecular flexibility index (Phi) is 7.45. The van der Waals surface area contributed by atoms with Gasteiger partial charge in [0.15, 0.2) is 17.6 Å². The summed E-state index contributed by atoms with van der Waals surface area (Å²) in [4.78, 5) is 25.4. The van der Waals surface area contributed by atoms with Gasteiger partial charge in [-0.1, -0.05) is 15.9 Å². The van der Waals surface area contributed by atoms with Crippen LogP contribution < -0.4 is 18.9 Å². The van der Waals surface area contributed by atoms with Crippen molar-refractivity contribution in [3.63, 3.8) is 0 Å². The van der Waals surface area contributed by atoms with Gasteiger partial charge in [-0.05, 0) is 50.3 Å². The molecule has 38 heavy (non-hydrogen) atoms. The zero-order chi connectivity index (χ0) is 27.9. The van der Waals surface area contributed by atoms with Crippen LogP contribution in [0.15, 0.2) is 40.6 Å². The fraction of sp³-hybridized carbons (Fsp3) is 0.154. The van der Waals surface area contributed by atoms with Crippen LogP contribution >= 0.6 is 15.9 Å². The van der Waals surface area contributed by atoms with Crippen LogP contribution in [0.5, 0.6) is 23.0 Å². The van der Waals surface area contributed by atoms with Crippen molar-refractivity contribution in [3.8, 4) is 23.0 Å². The maximum Gasteiger partial charge on any atom is 0.352 e. The van der Waals surface area contributed by atoms with Gasteiger partial charge in [0.2, 0.25) is 34.9 Å². The van der Waals surface area contributed by atoms with E-state index in [4.69, 9.17) is 18.9 Å². The molecule has 0 fully saturated rings. The predicted octanol–water partition coefficient (Wildman–Crippen LogP) is 6.45. The fourth-order valence-corrected chi connectivity index (χ4v) is 3.92. The minimum atomic E-state index is -2.36. The van der Waals surface area contributed by atoms with Crippen LogP contribution in [0, 0.1) is 36.0 Å². The molecule has 1 heterocycles. The van der Waals surface area contributed by atoms with E-state index >= 15 is 0 Å². The van der Waals surface area contributed by atoms with Crippen molar-refractivity contribution in [2.75, 3.05) is 7.11 Å². The minimum Gasteiger partial charge on any atom is -0.496 e. The first-order valence-corrected chi connectivity index (χ1v) is 11.5. The van der Waals surface area contributed by atoms with Gasteiger partial charge in [-0.3, -0.25) is 4.79 Å². The Balaban J connectivity index is 1.56. The van der Waals surface area contributed by atoms with E-state index in [0.717, 1.165) is 11.4 Å². The van der Waals surface area contributed by atoms with Crippen LogP contribution in [-0.4, -0.2) is 25.0 Å². The highest BCUT2D eigenvalue weighted by molar-refractivity contribution is 9.10. The summed E-state index contributed by atoms with van der Waals surface area (Å²) in [7, 11) is 1.47. The number of esters is 1. The smallest absolute Gasteiger partial charge is 0.352 e. The normalized spacial score (nSPS) is 14.2. The lowest BCUT2D eigenvalue weighted by Gasteiger charge is -2.16. The van der Waals surface area contributed by atoms with Crippen LogP contribution in [0.2, 0.25) is 0 Å². The van der Waals surface area contributed by atoms with Crippen LogP contribution in [0.4, 0.5) is 22.0 Å². The molecular weight excluding hydrogens is 583 g/mol. The van der Waals surface area contributed by atoms with Gasteiger partial charge in [0.25, 0.3) is 0 Å². The second-order valence-electron chi connectivity index (χ2n) is 7.97. The Morgan fingerprint density at radius 1 is 0.974 bits per heavy atom. The summed E-state index contributed by atoms with van der Waals surface area (Å²) in [6, 6.07) is 7.82. The number of ketones is 1. The van der Waals surface area contributed by atoms with Crippen molar-refractivity contribution in [2.45, 2.75) is 20.0 Å². The van der Waals surface area contributed by atoms with Crippen LogP contribution in [-0.2, 0) is 4.79 Å². The van der Waals surface area contributed by atoms with Crippen molar-refractivity contribution >= 4 is 33.8 Å². The van der Waals surface area contributed by atoms with Crippen molar-refractivity contribution in [1.82, 2.24) is 0 Å². The monoisotopic (exact) mass is 598 g/mol. The number of Topliss-reactive ketones (excluding diaryl/α,β-unsaturated/α-hetero) is 1. The molecule has 6 nitrogen and oxygen atoms in total. The third-order valence-corrected chi connectivity index (χ3v) is 6.01. The lowest BCUT2D eigenvalue weighted by molar-refractivity contribution is -0.141. The fourth-order valence-electron chi connectivity index (χ4n) is 3.54. The highest BCUT2D eigenvalue weighted by Crippen LogP contribution is 2.40. The number of allylic oxidation sites excluding steroid dienone is 1. The van der Waals surface area contributed by atoms with Crippen molar-refractivity contribution < 1.29 is 50.5 Å². The Morgan fingerprint density at radius 3 is 2.21 bits per heavy atom. The van der Waals surface area contributed by atoms with Crippen LogP contribution in [0.25, 0.3) is 6.08 Å². The third kappa shape index (κ3) is 4.83. The van der Waals surface area contributed by atoms with Gasteiger partial charge >= 0.3 is 5.97 Å². The first-order valence-electron chi connectivity index (χ1n) is 10.8. The highest BCUT2D eigenvalue weighted by atomic mass is 79.9. The summed E-state index contributed by atoms with van der Waals surface area (Å²) in [5.41, 5.74) is 0.979. The van der Waals surface area contributed by atoms with E-state index in [2.05, 4.69) is 15.9 Å². The molecule has 0 aliphatic carbocycles. The topological polar surface area (TPSA) is 71.1 Å². The SMILES string of the molecule is COc1ccc(Br)cc1/C=C1\Oc2c(ccc(OC(=O)C(C)Oc3c(F)c(F)c(F)c(F)c3F)c2C)C1=O. The Labute approximate surface area is 220 Å². The molecule has 0 N–H and O–H groups in total. The van der Waals surface area contributed by atoms with Crippen molar-refractivity contribution in [2.24, 2.45) is 0 Å². The van der Waals surface area contributed by atoms with E-state index in [-0.39, 0.29) is 28.4 Å². The molecule has 3 aromatic rings. The molecule has 1 aliphatic rings. The predicted molar refractivity (Wildman–Crippen MR) is 127 cm³/mol. The third-order valence-electron chi connectivity index (χ3n) is 5.52. The number of benzene rings is 3. The zero-order valence-corrected chi connectivity index (χ0v) is 21.3. The molecule has 12 heteroatoms. The van der Waals surface area contributed by atoms with Gasteiger partial charge in [-0.2, -0.15) is 8.78 Å². The largest absolute Gasteiger partial charge is 0.496 e. The number of rotatable bonds is 6. The van der Waals surface area contributed by atoms with Crippen LogP contribution in [0.1, 0.15) is 28.4 Å². The first-order chi connectivity index (χ1) is 17.9. The summed E-state index contributed by atoms with van der Waals surface area (Å²) in [5, 5.41) is 0. The quantitative estimate of drug-likeness (QED) is 0.0811. The van der Waals surface area contributed by atoms with Gasteiger partial charge in [0, 0.05) is 15.6 Å². The molecule has 3 aromatic carbocycles. The summed E-state index contributed by atoms with van der Waals surface area (Å²) in [5.74, 6) is -14.1. The number of fused-ring (bicyclic) bond motifs is 1. The Bertz CT molecular complexity index is 1490. The lowest BCUT2D eigenvalue weighted by atomic mass is 10.1. The molecule has 4 rings (SSSR count). The number of carbonyl (C=O) groups is 2. The van der Waals surface area contributed by atoms with E-state index in [1.165, 1.54) is 32.2 Å². The lowest BCUT2D eigenvalue weighted by Crippen LogP contribution is -2.29. The second kappa shape index (κ2) is 10.4. The van der Waals surface area contributed by atoms with E-state index in [0.29, 0.717) is 11.3 Å². The Hall–Kier alpha value is -3.93. The maximum absolute atomic E-state index is 13.9. The molecule has 0 radical (unpaired) electrons. The second-order valence-corrected chi connectivity index (χ2v) is 8.89. The van der Waals surface area contributed by atoms with Gasteiger partial charge < -0.3 is 18.9 Å². The minimum absolute atomic E-state index is 0.0222. The number of carbonyl (C=O) groups excluding carboxylic acids is 2. The van der Waals surface area contributed by atoms with Crippen molar-refractivity contribution in [1.29, 1.82) is 0 Å². The van der Waals surface area contributed by atoms with E-state index < -0.39 is 52.7 Å². The number of halogens is 6. The van der Waals surface area contributed by atoms with E-state index in [1.807, 2.05) is 0 Å². The average Bonchev–Trinajstić information content (AvgIpc) is 3.21. The molecular formula is C26H16BrF5O6. The molecule has 0 saturated carbocycles. The summed E-state index contributed by atoms with van der Waals surface area (Å²) in [6.45, 7) is 2.49. The molecule has 1 aliphatic heterocycles. The van der Waals surface area contributed by atoms with E-state index in [9.17, 15) is 31.5 Å². The maximum atomic E-state index is 13.9. The molecule has 0 bridgehead atoms. The molecule has 198 valence electrons. The molecule has 0 spiro atoms. The number of hydrogen-bond acceptors (Lipinski definition) is 6. The molecule has 0 amide bonds. The summed E-state index contributed by atoms with van der Waals surface area (Å²) >= 11 is 3.35. The average molecular weight is 599 g/mol. The summed E-state index contributed by atoms with van der Waals surface area (Å²) in [6.07, 6.45) is -0.297. The van der Waals surface area contributed by atoms with Gasteiger partial charge in [0.05, 0.1) is 12.7 Å².